The zero-order valence-corrected chi connectivity index (χ0v) is 11.2. The van der Waals surface area contributed by atoms with Crippen molar-refractivity contribution in [3.63, 3.8) is 0 Å². The highest BCUT2D eigenvalue weighted by Gasteiger charge is 2.44. The lowest BCUT2D eigenvalue weighted by Gasteiger charge is -2.10. The summed E-state index contributed by atoms with van der Waals surface area (Å²) >= 11 is 0. The standard InChI is InChI=1S/C14H21N3O/c1-9-6-10(13(15)17-18)4-5-11(9)8-16-12-7-14(12,2)3/h4-6,12,16,18H,7-8H2,1-3H3,(H2,15,17). The van der Waals surface area contributed by atoms with E-state index in [-0.39, 0.29) is 5.84 Å². The zero-order valence-electron chi connectivity index (χ0n) is 11.2. The Labute approximate surface area is 108 Å². The van der Waals surface area contributed by atoms with Crippen molar-refractivity contribution in [2.45, 2.75) is 39.8 Å². The van der Waals surface area contributed by atoms with Gasteiger partial charge in [0.15, 0.2) is 5.84 Å². The van der Waals surface area contributed by atoms with E-state index < -0.39 is 0 Å². The van der Waals surface area contributed by atoms with Crippen molar-refractivity contribution in [2.75, 3.05) is 0 Å². The van der Waals surface area contributed by atoms with Crippen LogP contribution in [-0.4, -0.2) is 17.1 Å². The molecule has 0 aliphatic heterocycles. The number of amidine groups is 1. The maximum atomic E-state index is 8.64. The van der Waals surface area contributed by atoms with Gasteiger partial charge in [0.25, 0.3) is 0 Å². The average molecular weight is 247 g/mol. The number of hydrogen-bond acceptors (Lipinski definition) is 3. The van der Waals surface area contributed by atoms with Gasteiger partial charge in [-0.2, -0.15) is 0 Å². The first-order valence-corrected chi connectivity index (χ1v) is 6.25. The van der Waals surface area contributed by atoms with Gasteiger partial charge >= 0.3 is 0 Å². The minimum Gasteiger partial charge on any atom is -0.409 e. The molecule has 0 heterocycles. The first-order valence-electron chi connectivity index (χ1n) is 6.25. The molecule has 1 aromatic carbocycles. The van der Waals surface area contributed by atoms with Crippen LogP contribution in [-0.2, 0) is 6.54 Å². The summed E-state index contributed by atoms with van der Waals surface area (Å²) in [6.45, 7) is 7.47. The van der Waals surface area contributed by atoms with Crippen LogP contribution in [0.5, 0.6) is 0 Å². The lowest BCUT2D eigenvalue weighted by Crippen LogP contribution is -2.21. The number of rotatable bonds is 4. The molecule has 1 unspecified atom stereocenters. The first-order chi connectivity index (χ1) is 8.44. The number of benzene rings is 1. The van der Waals surface area contributed by atoms with E-state index in [0.717, 1.165) is 17.7 Å². The summed E-state index contributed by atoms with van der Waals surface area (Å²) in [5, 5.41) is 15.2. The molecule has 1 aliphatic rings. The van der Waals surface area contributed by atoms with Crippen LogP contribution >= 0.6 is 0 Å². The Kier molecular flexibility index (Phi) is 3.30. The quantitative estimate of drug-likeness (QED) is 0.330. The van der Waals surface area contributed by atoms with Gasteiger partial charge in [0, 0.05) is 18.2 Å². The molecule has 1 fully saturated rings. The third-order valence-corrected chi connectivity index (χ3v) is 3.80. The normalized spacial score (nSPS) is 21.9. The highest BCUT2D eigenvalue weighted by atomic mass is 16.4. The maximum absolute atomic E-state index is 8.64. The van der Waals surface area contributed by atoms with Gasteiger partial charge in [-0.25, -0.2) is 0 Å². The minimum absolute atomic E-state index is 0.154. The number of nitrogens with zero attached hydrogens (tertiary/aromatic N) is 1. The lowest BCUT2D eigenvalue weighted by molar-refractivity contribution is 0.318. The molecule has 98 valence electrons. The van der Waals surface area contributed by atoms with Crippen LogP contribution in [0.2, 0.25) is 0 Å². The van der Waals surface area contributed by atoms with Crippen LogP contribution in [0, 0.1) is 12.3 Å². The Hall–Kier alpha value is -1.55. The fraction of sp³-hybridized carbons (Fsp3) is 0.500. The number of hydrogen-bond donors (Lipinski definition) is 3. The van der Waals surface area contributed by atoms with Crippen molar-refractivity contribution >= 4 is 5.84 Å². The van der Waals surface area contributed by atoms with E-state index in [0.29, 0.717) is 11.5 Å². The van der Waals surface area contributed by atoms with Crippen LogP contribution in [0.4, 0.5) is 0 Å². The second-order valence-corrected chi connectivity index (χ2v) is 5.75. The third kappa shape index (κ3) is 2.64. The summed E-state index contributed by atoms with van der Waals surface area (Å²) in [7, 11) is 0. The second kappa shape index (κ2) is 4.61. The molecule has 0 amide bonds. The summed E-state index contributed by atoms with van der Waals surface area (Å²) in [4.78, 5) is 0. The van der Waals surface area contributed by atoms with E-state index in [1.807, 2.05) is 25.1 Å². The molecule has 0 radical (unpaired) electrons. The van der Waals surface area contributed by atoms with Crippen molar-refractivity contribution in [1.29, 1.82) is 0 Å². The molecule has 0 spiro atoms. The zero-order chi connectivity index (χ0) is 13.3. The van der Waals surface area contributed by atoms with Crippen LogP contribution in [0.1, 0.15) is 37.0 Å². The summed E-state index contributed by atoms with van der Waals surface area (Å²) in [5.74, 6) is 0.154. The first kappa shape index (κ1) is 12.9. The molecule has 4 heteroatoms. The molecular weight excluding hydrogens is 226 g/mol. The minimum atomic E-state index is 0.154. The van der Waals surface area contributed by atoms with Crippen molar-refractivity contribution in [1.82, 2.24) is 5.32 Å². The van der Waals surface area contributed by atoms with Crippen molar-refractivity contribution in [2.24, 2.45) is 16.3 Å². The number of nitrogens with two attached hydrogens (primary N) is 1. The van der Waals surface area contributed by atoms with Crippen LogP contribution in [0.25, 0.3) is 0 Å². The Morgan fingerprint density at radius 3 is 2.72 bits per heavy atom. The fourth-order valence-corrected chi connectivity index (χ4v) is 2.16. The fourth-order valence-electron chi connectivity index (χ4n) is 2.16. The summed E-state index contributed by atoms with van der Waals surface area (Å²) in [6, 6.07) is 6.49. The molecule has 0 bridgehead atoms. The molecule has 1 aliphatic carbocycles. The molecule has 0 saturated heterocycles. The van der Waals surface area contributed by atoms with Gasteiger partial charge in [-0.05, 0) is 36.0 Å². The molecule has 1 saturated carbocycles. The predicted octanol–water partition coefficient (Wildman–Crippen LogP) is 1.98. The second-order valence-electron chi connectivity index (χ2n) is 5.75. The molecule has 0 aromatic heterocycles. The van der Waals surface area contributed by atoms with Crippen LogP contribution in [0.3, 0.4) is 0 Å². The van der Waals surface area contributed by atoms with Gasteiger partial charge in [0.05, 0.1) is 0 Å². The van der Waals surface area contributed by atoms with Crippen LogP contribution < -0.4 is 11.1 Å². The van der Waals surface area contributed by atoms with Gasteiger partial charge in [-0.15, -0.1) is 0 Å². The SMILES string of the molecule is Cc1cc(/C(N)=N/O)ccc1CNC1CC1(C)C. The van der Waals surface area contributed by atoms with Gasteiger partial charge in [-0.3, -0.25) is 0 Å². The topological polar surface area (TPSA) is 70.6 Å². The largest absolute Gasteiger partial charge is 0.409 e. The molecule has 2 rings (SSSR count). The Morgan fingerprint density at radius 1 is 1.56 bits per heavy atom. The Bertz CT molecular complexity index is 480. The summed E-state index contributed by atoms with van der Waals surface area (Å²) < 4.78 is 0. The Balaban J connectivity index is 2.02. The van der Waals surface area contributed by atoms with E-state index >= 15 is 0 Å². The van der Waals surface area contributed by atoms with E-state index in [9.17, 15) is 0 Å². The summed E-state index contributed by atoms with van der Waals surface area (Å²) in [5.41, 5.74) is 9.18. The summed E-state index contributed by atoms with van der Waals surface area (Å²) in [6.07, 6.45) is 1.24. The lowest BCUT2D eigenvalue weighted by atomic mass is 10.0. The Morgan fingerprint density at radius 2 is 2.22 bits per heavy atom. The smallest absolute Gasteiger partial charge is 0.170 e. The van der Waals surface area contributed by atoms with Gasteiger partial charge < -0.3 is 16.3 Å². The van der Waals surface area contributed by atoms with E-state index in [2.05, 4.69) is 24.3 Å². The highest BCUT2D eigenvalue weighted by molar-refractivity contribution is 5.97. The van der Waals surface area contributed by atoms with E-state index in [4.69, 9.17) is 10.9 Å². The van der Waals surface area contributed by atoms with Crippen LogP contribution in [0.15, 0.2) is 23.4 Å². The van der Waals surface area contributed by atoms with E-state index in [1.165, 1.54) is 12.0 Å². The monoisotopic (exact) mass is 247 g/mol. The molecule has 1 atom stereocenters. The highest BCUT2D eigenvalue weighted by Crippen LogP contribution is 2.44. The van der Waals surface area contributed by atoms with E-state index in [1.54, 1.807) is 0 Å². The molecule has 18 heavy (non-hydrogen) atoms. The predicted molar refractivity (Wildman–Crippen MR) is 72.7 cm³/mol. The number of nitrogens with one attached hydrogen (secondary N) is 1. The van der Waals surface area contributed by atoms with Crippen molar-refractivity contribution < 1.29 is 5.21 Å². The third-order valence-electron chi connectivity index (χ3n) is 3.80. The van der Waals surface area contributed by atoms with Crippen molar-refractivity contribution in [3.05, 3.63) is 34.9 Å². The van der Waals surface area contributed by atoms with Crippen molar-refractivity contribution in [3.8, 4) is 0 Å². The average Bonchev–Trinajstić information content (AvgIpc) is 2.94. The molecular formula is C14H21N3O. The molecule has 4 nitrogen and oxygen atoms in total. The van der Waals surface area contributed by atoms with Gasteiger partial charge in [0.2, 0.25) is 0 Å². The van der Waals surface area contributed by atoms with Gasteiger partial charge in [-0.1, -0.05) is 31.1 Å². The number of oxime groups is 1. The molecule has 4 N–H and O–H groups in total. The number of aryl methyl sites for hydroxylation is 1. The molecule has 1 aromatic rings. The van der Waals surface area contributed by atoms with Gasteiger partial charge in [0.1, 0.15) is 0 Å². The maximum Gasteiger partial charge on any atom is 0.170 e.